The molecule has 0 bridgehead atoms. The summed E-state index contributed by atoms with van der Waals surface area (Å²) in [6, 6.07) is 4.60. The molecule has 1 aromatic rings. The van der Waals surface area contributed by atoms with Crippen LogP contribution >= 0.6 is 11.8 Å². The summed E-state index contributed by atoms with van der Waals surface area (Å²) in [5.74, 6) is -0.725. The van der Waals surface area contributed by atoms with E-state index in [-0.39, 0.29) is 17.2 Å². The van der Waals surface area contributed by atoms with Crippen LogP contribution in [0.4, 0.5) is 5.69 Å². The van der Waals surface area contributed by atoms with Crippen molar-refractivity contribution in [2.75, 3.05) is 39.7 Å². The first-order valence-corrected chi connectivity index (χ1v) is 8.70. The molecular formula is C16H18N4O4S. The molecule has 2 rings (SSSR count). The fraction of sp³-hybridized carbons (Fsp3) is 0.375. The fourth-order valence-corrected chi connectivity index (χ4v) is 2.61. The van der Waals surface area contributed by atoms with E-state index in [0.29, 0.717) is 37.0 Å². The Morgan fingerprint density at radius 3 is 2.72 bits per heavy atom. The minimum atomic E-state index is -0.568. The number of nitriles is 1. The molecule has 0 spiro atoms. The van der Waals surface area contributed by atoms with Crippen LogP contribution in [0.5, 0.6) is 0 Å². The fourth-order valence-electron chi connectivity index (χ4n) is 2.27. The number of amides is 1. The number of ether oxygens (including phenoxy) is 2. The van der Waals surface area contributed by atoms with E-state index < -0.39 is 5.97 Å². The summed E-state index contributed by atoms with van der Waals surface area (Å²) in [7, 11) is 1.27. The number of hydrogen-bond donors (Lipinski definition) is 1. The molecule has 1 aromatic carbocycles. The Morgan fingerprint density at radius 2 is 2.12 bits per heavy atom. The van der Waals surface area contributed by atoms with Gasteiger partial charge in [0.25, 0.3) is 5.91 Å². The Balaban J connectivity index is 2.40. The number of aliphatic imine (C=N–C) groups is 1. The lowest BCUT2D eigenvalue weighted by molar-refractivity contribution is 0.0302. The molecule has 0 radical (unpaired) electrons. The Labute approximate surface area is 149 Å². The van der Waals surface area contributed by atoms with E-state index in [0.717, 1.165) is 0 Å². The van der Waals surface area contributed by atoms with Crippen molar-refractivity contribution in [3.8, 4) is 6.19 Å². The van der Waals surface area contributed by atoms with Crippen LogP contribution in [0.1, 0.15) is 20.7 Å². The number of amidine groups is 1. The molecule has 0 saturated carbocycles. The van der Waals surface area contributed by atoms with Crippen LogP contribution in [-0.4, -0.2) is 61.6 Å². The van der Waals surface area contributed by atoms with Crippen molar-refractivity contribution in [1.29, 1.82) is 5.26 Å². The van der Waals surface area contributed by atoms with Gasteiger partial charge in [0.1, 0.15) is 0 Å². The largest absolute Gasteiger partial charge is 0.465 e. The molecule has 1 aliphatic heterocycles. The molecule has 1 saturated heterocycles. The van der Waals surface area contributed by atoms with Gasteiger partial charge in [0.2, 0.25) is 0 Å². The zero-order chi connectivity index (χ0) is 18.2. The number of esters is 1. The molecular weight excluding hydrogens is 344 g/mol. The highest BCUT2D eigenvalue weighted by atomic mass is 32.2. The van der Waals surface area contributed by atoms with Crippen LogP contribution in [0, 0.1) is 11.5 Å². The second-order valence-electron chi connectivity index (χ2n) is 4.99. The summed E-state index contributed by atoms with van der Waals surface area (Å²) in [4.78, 5) is 30.5. The first kappa shape index (κ1) is 18.8. The monoisotopic (exact) mass is 362 g/mol. The van der Waals surface area contributed by atoms with Crippen molar-refractivity contribution in [2.45, 2.75) is 0 Å². The van der Waals surface area contributed by atoms with Gasteiger partial charge in [0.15, 0.2) is 11.4 Å². The molecule has 25 heavy (non-hydrogen) atoms. The number of carbonyl (C=O) groups is 2. The number of thioether (sulfide) groups is 1. The highest BCUT2D eigenvalue weighted by Gasteiger charge is 2.21. The van der Waals surface area contributed by atoms with Crippen LogP contribution in [0.15, 0.2) is 23.2 Å². The van der Waals surface area contributed by atoms with Gasteiger partial charge in [-0.1, -0.05) is 11.8 Å². The minimum Gasteiger partial charge on any atom is -0.465 e. The van der Waals surface area contributed by atoms with Gasteiger partial charge in [0, 0.05) is 18.7 Å². The van der Waals surface area contributed by atoms with Gasteiger partial charge in [-0.05, 0) is 24.5 Å². The third kappa shape index (κ3) is 4.71. The molecule has 1 heterocycles. The van der Waals surface area contributed by atoms with Gasteiger partial charge in [-0.25, -0.2) is 9.79 Å². The zero-order valence-electron chi connectivity index (χ0n) is 13.9. The minimum absolute atomic E-state index is 0.157. The van der Waals surface area contributed by atoms with Gasteiger partial charge in [-0.15, -0.1) is 0 Å². The summed E-state index contributed by atoms with van der Waals surface area (Å²) in [6.07, 6.45) is 3.52. The number of morpholine rings is 1. The van der Waals surface area contributed by atoms with E-state index in [4.69, 9.17) is 14.7 Å². The van der Waals surface area contributed by atoms with Crippen molar-refractivity contribution < 1.29 is 19.1 Å². The number of nitrogens with one attached hydrogen (secondary N) is 1. The highest BCUT2D eigenvalue weighted by Crippen LogP contribution is 2.24. The zero-order valence-corrected chi connectivity index (χ0v) is 14.8. The third-order valence-electron chi connectivity index (χ3n) is 3.53. The van der Waals surface area contributed by atoms with Gasteiger partial charge >= 0.3 is 5.97 Å². The number of hydrogen-bond acceptors (Lipinski definition) is 7. The van der Waals surface area contributed by atoms with E-state index in [2.05, 4.69) is 10.3 Å². The van der Waals surface area contributed by atoms with Crippen LogP contribution < -0.4 is 5.32 Å². The Hall–Kier alpha value is -2.57. The highest BCUT2D eigenvalue weighted by molar-refractivity contribution is 8.13. The van der Waals surface area contributed by atoms with Gasteiger partial charge in [-0.2, -0.15) is 5.26 Å². The summed E-state index contributed by atoms with van der Waals surface area (Å²) in [5, 5.41) is 11.5. The van der Waals surface area contributed by atoms with Gasteiger partial charge in [-0.3, -0.25) is 10.1 Å². The molecule has 0 atom stereocenters. The summed E-state index contributed by atoms with van der Waals surface area (Å²) < 4.78 is 10.0. The summed E-state index contributed by atoms with van der Waals surface area (Å²) >= 11 is 1.21. The molecule has 1 N–H and O–H groups in total. The van der Waals surface area contributed by atoms with E-state index in [1.165, 1.54) is 31.0 Å². The van der Waals surface area contributed by atoms with Crippen molar-refractivity contribution >= 4 is 34.5 Å². The van der Waals surface area contributed by atoms with Crippen molar-refractivity contribution in [3.05, 3.63) is 29.3 Å². The van der Waals surface area contributed by atoms with E-state index in [1.54, 1.807) is 23.4 Å². The first-order valence-electron chi connectivity index (χ1n) is 7.48. The number of carbonyl (C=O) groups excluding carboxylic acids is 2. The Morgan fingerprint density at radius 1 is 1.40 bits per heavy atom. The lowest BCUT2D eigenvalue weighted by Gasteiger charge is -2.27. The molecule has 0 unspecified atom stereocenters. The maximum Gasteiger partial charge on any atom is 0.340 e. The van der Waals surface area contributed by atoms with E-state index >= 15 is 0 Å². The van der Waals surface area contributed by atoms with Crippen LogP contribution in [0.25, 0.3) is 0 Å². The molecule has 0 aliphatic carbocycles. The van der Waals surface area contributed by atoms with Crippen molar-refractivity contribution in [3.63, 3.8) is 0 Å². The number of nitrogens with zero attached hydrogens (tertiary/aromatic N) is 3. The molecule has 0 aromatic heterocycles. The second-order valence-corrected chi connectivity index (χ2v) is 5.78. The predicted octanol–water partition coefficient (Wildman–Crippen LogP) is 1.37. The Kier molecular flexibility index (Phi) is 6.80. The normalized spacial score (nSPS) is 14.6. The van der Waals surface area contributed by atoms with Gasteiger partial charge < -0.3 is 14.4 Å². The number of benzene rings is 1. The predicted molar refractivity (Wildman–Crippen MR) is 93.9 cm³/mol. The van der Waals surface area contributed by atoms with Crippen LogP contribution in [0.2, 0.25) is 0 Å². The average molecular weight is 362 g/mol. The van der Waals surface area contributed by atoms with Crippen LogP contribution in [-0.2, 0) is 9.47 Å². The molecule has 9 heteroatoms. The number of rotatable bonds is 3. The van der Waals surface area contributed by atoms with Gasteiger partial charge in [0.05, 0.1) is 31.6 Å². The summed E-state index contributed by atoms with van der Waals surface area (Å²) in [5.41, 5.74) is 0.885. The maximum absolute atomic E-state index is 12.6. The number of methoxy groups -OCH3 is 1. The lowest BCUT2D eigenvalue weighted by atomic mass is 10.1. The Bertz CT molecular complexity index is 723. The smallest absolute Gasteiger partial charge is 0.340 e. The van der Waals surface area contributed by atoms with E-state index in [9.17, 15) is 9.59 Å². The summed E-state index contributed by atoms with van der Waals surface area (Å²) in [6.45, 7) is 2.03. The second kappa shape index (κ2) is 9.05. The first-order chi connectivity index (χ1) is 12.1. The lowest BCUT2D eigenvalue weighted by Crippen LogP contribution is -2.40. The SMILES string of the molecule is COC(=O)c1ccc(C(=O)N2CCOCC2)cc1N=C(NC#N)SC. The molecule has 8 nitrogen and oxygen atoms in total. The van der Waals surface area contributed by atoms with Crippen molar-refractivity contribution in [1.82, 2.24) is 10.2 Å². The average Bonchev–Trinajstić information content (AvgIpc) is 2.67. The topological polar surface area (TPSA) is 104 Å². The molecule has 132 valence electrons. The van der Waals surface area contributed by atoms with Crippen molar-refractivity contribution in [2.24, 2.45) is 4.99 Å². The van der Waals surface area contributed by atoms with Crippen LogP contribution in [0.3, 0.4) is 0 Å². The van der Waals surface area contributed by atoms with E-state index in [1.807, 2.05) is 0 Å². The molecule has 1 amide bonds. The standard InChI is InChI=1S/C16H18N4O4S/c1-23-15(22)12-4-3-11(14(21)20-5-7-24-8-6-20)9-13(12)19-16(25-2)18-10-17/h3-4,9H,5-8H2,1-2H3,(H,18,19). The third-order valence-corrected chi connectivity index (χ3v) is 4.11. The quantitative estimate of drug-likeness (QED) is 0.285. The maximum atomic E-state index is 12.6. The molecule has 1 aliphatic rings. The molecule has 1 fully saturated rings.